The van der Waals surface area contributed by atoms with Gasteiger partial charge >= 0.3 is 6.03 Å². The maximum Gasteiger partial charge on any atom is 0.320 e. The van der Waals surface area contributed by atoms with E-state index in [0.29, 0.717) is 0 Å². The molecular weight excluding hydrogens is 262 g/mol. The predicted molar refractivity (Wildman–Crippen MR) is 86.0 cm³/mol. The van der Waals surface area contributed by atoms with Crippen molar-refractivity contribution in [2.75, 3.05) is 46.3 Å². The van der Waals surface area contributed by atoms with E-state index in [-0.39, 0.29) is 6.03 Å². The molecular formula is C17H28N3O+. The second-order valence-electron chi connectivity index (χ2n) is 6.15. The van der Waals surface area contributed by atoms with Gasteiger partial charge in [0.05, 0.1) is 33.2 Å². The Bertz CT molecular complexity index is 448. The first-order chi connectivity index (χ1) is 10.1. The number of quaternary nitrogens is 1. The van der Waals surface area contributed by atoms with Crippen LogP contribution in [0.1, 0.15) is 19.4 Å². The normalized spacial score (nSPS) is 17.6. The number of amides is 2. The highest BCUT2D eigenvalue weighted by Gasteiger charge is 2.32. The molecule has 0 atom stereocenters. The minimum absolute atomic E-state index is 0.200. The molecule has 0 bridgehead atoms. The van der Waals surface area contributed by atoms with Crippen molar-refractivity contribution in [2.45, 2.75) is 20.4 Å². The molecule has 4 nitrogen and oxygen atoms in total. The largest absolute Gasteiger partial charge is 0.325 e. The summed E-state index contributed by atoms with van der Waals surface area (Å²) < 4.78 is 1.02. The number of nitrogens with zero attached hydrogens (tertiary/aromatic N) is 3. The highest BCUT2D eigenvalue weighted by atomic mass is 16.2. The molecule has 0 radical (unpaired) electrons. The third kappa shape index (κ3) is 3.97. The maximum absolute atomic E-state index is 12.4. The van der Waals surface area contributed by atoms with Gasteiger partial charge in [0.25, 0.3) is 0 Å². The molecule has 1 aromatic carbocycles. The summed E-state index contributed by atoms with van der Waals surface area (Å²) >= 11 is 0. The lowest BCUT2D eigenvalue weighted by molar-refractivity contribution is -0.926. The molecule has 0 spiro atoms. The third-order valence-electron chi connectivity index (χ3n) is 4.53. The van der Waals surface area contributed by atoms with E-state index in [1.54, 1.807) is 0 Å². The van der Waals surface area contributed by atoms with E-state index in [4.69, 9.17) is 0 Å². The second-order valence-corrected chi connectivity index (χ2v) is 6.15. The van der Waals surface area contributed by atoms with Crippen molar-refractivity contribution in [1.82, 2.24) is 9.80 Å². The number of benzene rings is 1. The maximum atomic E-state index is 12.4. The summed E-state index contributed by atoms with van der Waals surface area (Å²) in [5, 5.41) is 0. The lowest BCUT2D eigenvalue weighted by Crippen LogP contribution is -2.59. The fraction of sp³-hybridized carbons (Fsp3) is 0.588. The molecule has 21 heavy (non-hydrogen) atoms. The molecule has 1 aliphatic heterocycles. The van der Waals surface area contributed by atoms with Crippen LogP contribution in [0.3, 0.4) is 0 Å². The van der Waals surface area contributed by atoms with Gasteiger partial charge in [0.2, 0.25) is 0 Å². The van der Waals surface area contributed by atoms with E-state index in [2.05, 4.69) is 37.4 Å². The molecule has 1 aromatic rings. The van der Waals surface area contributed by atoms with Gasteiger partial charge in [-0.05, 0) is 13.8 Å². The van der Waals surface area contributed by atoms with Crippen LogP contribution in [0.2, 0.25) is 0 Å². The van der Waals surface area contributed by atoms with E-state index in [1.165, 1.54) is 5.56 Å². The highest BCUT2D eigenvalue weighted by Crippen LogP contribution is 2.16. The van der Waals surface area contributed by atoms with Crippen LogP contribution in [0.5, 0.6) is 0 Å². The van der Waals surface area contributed by atoms with Gasteiger partial charge in [-0.3, -0.25) is 0 Å². The van der Waals surface area contributed by atoms with Crippen molar-refractivity contribution in [3.05, 3.63) is 35.9 Å². The first-order valence-corrected chi connectivity index (χ1v) is 7.99. The Morgan fingerprint density at radius 2 is 1.71 bits per heavy atom. The van der Waals surface area contributed by atoms with Crippen LogP contribution in [0, 0.1) is 0 Å². The van der Waals surface area contributed by atoms with Crippen LogP contribution >= 0.6 is 0 Å². The fourth-order valence-electron chi connectivity index (χ4n) is 3.02. The van der Waals surface area contributed by atoms with Crippen LogP contribution in [0.25, 0.3) is 0 Å². The summed E-state index contributed by atoms with van der Waals surface area (Å²) in [5.74, 6) is 0. The van der Waals surface area contributed by atoms with Crippen molar-refractivity contribution >= 4 is 6.03 Å². The van der Waals surface area contributed by atoms with Crippen molar-refractivity contribution in [3.63, 3.8) is 0 Å². The summed E-state index contributed by atoms with van der Waals surface area (Å²) in [4.78, 5) is 16.3. The van der Waals surface area contributed by atoms with Gasteiger partial charge in [0.1, 0.15) is 6.54 Å². The lowest BCUT2D eigenvalue weighted by atomic mass is 10.1. The number of hydrogen-bond acceptors (Lipinski definition) is 1. The van der Waals surface area contributed by atoms with Crippen molar-refractivity contribution in [1.29, 1.82) is 0 Å². The molecule has 0 saturated carbocycles. The monoisotopic (exact) mass is 290 g/mol. The highest BCUT2D eigenvalue weighted by molar-refractivity contribution is 5.74. The average molecular weight is 290 g/mol. The lowest BCUT2D eigenvalue weighted by Gasteiger charge is -2.43. The van der Waals surface area contributed by atoms with E-state index in [1.807, 2.05) is 23.6 Å². The number of likely N-dealkylation sites (N-methyl/N-ethyl adjacent to an activating group) is 1. The minimum Gasteiger partial charge on any atom is -0.325 e. The van der Waals surface area contributed by atoms with Gasteiger partial charge in [0.15, 0.2) is 0 Å². The van der Waals surface area contributed by atoms with E-state index < -0.39 is 0 Å². The third-order valence-corrected chi connectivity index (χ3v) is 4.53. The summed E-state index contributed by atoms with van der Waals surface area (Å²) in [6, 6.07) is 10.8. The minimum atomic E-state index is 0.200. The zero-order valence-electron chi connectivity index (χ0n) is 13.6. The first-order valence-electron chi connectivity index (χ1n) is 7.99. The Labute approximate surface area is 128 Å². The Hall–Kier alpha value is -1.55. The second kappa shape index (κ2) is 6.94. The average Bonchev–Trinajstić information content (AvgIpc) is 2.50. The molecule has 1 aliphatic rings. The summed E-state index contributed by atoms with van der Waals surface area (Å²) in [6.45, 7) is 10.5. The van der Waals surface area contributed by atoms with Gasteiger partial charge < -0.3 is 14.3 Å². The summed E-state index contributed by atoms with van der Waals surface area (Å²) in [6.07, 6.45) is 0. The number of piperazine rings is 1. The van der Waals surface area contributed by atoms with Gasteiger partial charge in [-0.2, -0.15) is 0 Å². The summed E-state index contributed by atoms with van der Waals surface area (Å²) in [7, 11) is 2.30. The van der Waals surface area contributed by atoms with E-state index >= 15 is 0 Å². The van der Waals surface area contributed by atoms with Crippen LogP contribution in [0.4, 0.5) is 4.79 Å². The van der Waals surface area contributed by atoms with Crippen LogP contribution < -0.4 is 0 Å². The fourth-order valence-corrected chi connectivity index (χ4v) is 3.02. The number of rotatable bonds is 4. The van der Waals surface area contributed by atoms with Crippen molar-refractivity contribution in [2.24, 2.45) is 0 Å². The molecule has 2 amide bonds. The zero-order valence-corrected chi connectivity index (χ0v) is 13.6. The number of carbonyl (C=O) groups is 1. The van der Waals surface area contributed by atoms with Gasteiger partial charge in [-0.25, -0.2) is 4.79 Å². The van der Waals surface area contributed by atoms with Gasteiger partial charge in [0, 0.05) is 18.7 Å². The Morgan fingerprint density at radius 3 is 2.24 bits per heavy atom. The predicted octanol–water partition coefficient (Wildman–Crippen LogP) is 2.41. The molecule has 4 heteroatoms. The molecule has 1 fully saturated rings. The molecule has 1 heterocycles. The molecule has 0 aromatic heterocycles. The summed E-state index contributed by atoms with van der Waals surface area (Å²) in [5.41, 5.74) is 1.38. The quantitative estimate of drug-likeness (QED) is 0.781. The van der Waals surface area contributed by atoms with Crippen molar-refractivity contribution < 1.29 is 9.28 Å². The molecule has 116 valence electrons. The van der Waals surface area contributed by atoms with Crippen molar-refractivity contribution in [3.8, 4) is 0 Å². The van der Waals surface area contributed by atoms with Gasteiger partial charge in [-0.1, -0.05) is 30.3 Å². The molecule has 0 N–H and O–H groups in total. The van der Waals surface area contributed by atoms with Gasteiger partial charge in [-0.15, -0.1) is 0 Å². The number of hydrogen-bond donors (Lipinski definition) is 0. The number of urea groups is 1. The van der Waals surface area contributed by atoms with E-state index in [0.717, 1.165) is 50.3 Å². The Kier molecular flexibility index (Phi) is 5.23. The zero-order chi connectivity index (χ0) is 15.3. The SMILES string of the molecule is CCN(CC)C(=O)N1CC[N+](C)(Cc2ccccc2)CC1. The van der Waals surface area contributed by atoms with Crippen LogP contribution in [0.15, 0.2) is 30.3 Å². The smallest absolute Gasteiger partial charge is 0.320 e. The van der Waals surface area contributed by atoms with Crippen LogP contribution in [-0.4, -0.2) is 66.6 Å². The standard InChI is InChI=1S/C17H28N3O/c1-4-18(5-2)17(21)19-11-13-20(3,14-12-19)15-16-9-7-6-8-10-16/h6-10H,4-5,11-15H2,1-3H3/q+1. The first kappa shape index (κ1) is 15.8. The molecule has 2 rings (SSSR count). The van der Waals surface area contributed by atoms with Crippen LogP contribution in [-0.2, 0) is 6.54 Å². The molecule has 1 saturated heterocycles. The number of carbonyl (C=O) groups excluding carboxylic acids is 1. The Balaban J connectivity index is 1.91. The van der Waals surface area contributed by atoms with E-state index in [9.17, 15) is 4.79 Å². The Morgan fingerprint density at radius 1 is 1.14 bits per heavy atom. The topological polar surface area (TPSA) is 23.6 Å². The molecule has 0 aliphatic carbocycles. The molecule has 0 unspecified atom stereocenters.